The summed E-state index contributed by atoms with van der Waals surface area (Å²) in [5.74, 6) is 0.932. The van der Waals surface area contributed by atoms with Crippen LogP contribution in [0.25, 0.3) is 10.2 Å². The number of rotatable bonds is 4. The van der Waals surface area contributed by atoms with E-state index in [1.807, 2.05) is 12.1 Å². The number of nitrogens with one attached hydrogen (secondary N) is 1. The average molecular weight is 367 g/mol. The Morgan fingerprint density at radius 3 is 2.81 bits per heavy atom. The summed E-state index contributed by atoms with van der Waals surface area (Å²) >= 11 is 1.73. The number of hydrogen-bond acceptors (Lipinski definition) is 5. The minimum Gasteiger partial charge on any atom is -0.494 e. The number of carbonyl (C=O) groups excluding carboxylic acids is 1. The number of methoxy groups -OCH3 is 1. The van der Waals surface area contributed by atoms with Crippen LogP contribution in [-0.2, 0) is 0 Å². The molecule has 1 aliphatic rings. The van der Waals surface area contributed by atoms with E-state index in [1.165, 1.54) is 37.1 Å². The van der Waals surface area contributed by atoms with Gasteiger partial charge in [0.05, 0.1) is 28.0 Å². The fourth-order valence-electron chi connectivity index (χ4n) is 3.45. The number of benzene rings is 1. The molecule has 0 radical (unpaired) electrons. The van der Waals surface area contributed by atoms with E-state index < -0.39 is 0 Å². The molecule has 1 aromatic carbocycles. The number of ether oxygens (including phenoxy) is 1. The zero-order chi connectivity index (χ0) is 17.9. The first-order valence-electron chi connectivity index (χ1n) is 8.95. The molecule has 6 heteroatoms. The summed E-state index contributed by atoms with van der Waals surface area (Å²) in [6.07, 6.45) is 7.96. The molecule has 4 rings (SSSR count). The Morgan fingerprint density at radius 1 is 1.23 bits per heavy atom. The van der Waals surface area contributed by atoms with Crippen LogP contribution >= 0.6 is 11.3 Å². The standard InChI is InChI=1S/C20H21N3O2S/c1-25-17-11-16-18(26-20(23-16)13-7-3-2-4-8-13)12-15(17)22-19(24)14-9-5-6-10-21-14/h5-6,9-13H,2-4,7-8H2,1H3,(H,22,24). The lowest BCUT2D eigenvalue weighted by atomic mass is 9.90. The van der Waals surface area contributed by atoms with Crippen LogP contribution in [-0.4, -0.2) is 23.0 Å². The van der Waals surface area contributed by atoms with Crippen molar-refractivity contribution >= 4 is 33.1 Å². The second kappa shape index (κ2) is 7.41. The van der Waals surface area contributed by atoms with E-state index in [2.05, 4.69) is 10.3 Å². The van der Waals surface area contributed by atoms with Gasteiger partial charge in [-0.1, -0.05) is 25.3 Å². The van der Waals surface area contributed by atoms with E-state index in [-0.39, 0.29) is 5.91 Å². The van der Waals surface area contributed by atoms with Crippen molar-refractivity contribution in [1.82, 2.24) is 9.97 Å². The maximum absolute atomic E-state index is 12.4. The van der Waals surface area contributed by atoms with Gasteiger partial charge in [-0.3, -0.25) is 9.78 Å². The number of nitrogens with zero attached hydrogens (tertiary/aromatic N) is 2. The van der Waals surface area contributed by atoms with Crippen LogP contribution in [0.15, 0.2) is 36.5 Å². The first-order chi connectivity index (χ1) is 12.7. The molecule has 5 nitrogen and oxygen atoms in total. The fraction of sp³-hybridized carbons (Fsp3) is 0.350. The molecule has 0 bridgehead atoms. The van der Waals surface area contributed by atoms with Gasteiger partial charge in [0.1, 0.15) is 11.4 Å². The van der Waals surface area contributed by atoms with Gasteiger partial charge in [0, 0.05) is 18.2 Å². The number of amides is 1. The summed E-state index contributed by atoms with van der Waals surface area (Å²) in [6, 6.07) is 9.13. The largest absolute Gasteiger partial charge is 0.494 e. The second-order valence-electron chi connectivity index (χ2n) is 6.58. The molecule has 0 saturated heterocycles. The van der Waals surface area contributed by atoms with Gasteiger partial charge in [0.25, 0.3) is 5.91 Å². The monoisotopic (exact) mass is 367 g/mol. The van der Waals surface area contributed by atoms with Crippen LogP contribution in [0.1, 0.15) is 53.5 Å². The second-order valence-corrected chi connectivity index (χ2v) is 7.64. The van der Waals surface area contributed by atoms with E-state index in [1.54, 1.807) is 42.8 Å². The molecule has 1 N–H and O–H groups in total. The number of thiazole rings is 1. The highest BCUT2D eigenvalue weighted by molar-refractivity contribution is 7.18. The summed E-state index contributed by atoms with van der Waals surface area (Å²) in [6.45, 7) is 0. The molecule has 134 valence electrons. The third kappa shape index (κ3) is 3.42. The maximum atomic E-state index is 12.4. The summed E-state index contributed by atoms with van der Waals surface area (Å²) in [7, 11) is 1.60. The van der Waals surface area contributed by atoms with Crippen molar-refractivity contribution < 1.29 is 9.53 Å². The molecule has 0 aliphatic heterocycles. The lowest BCUT2D eigenvalue weighted by molar-refractivity contribution is 0.102. The van der Waals surface area contributed by atoms with Crippen molar-refractivity contribution in [3.63, 3.8) is 0 Å². The molecule has 1 fully saturated rings. The Balaban J connectivity index is 1.64. The quantitative estimate of drug-likeness (QED) is 0.705. The molecule has 26 heavy (non-hydrogen) atoms. The minimum absolute atomic E-state index is 0.250. The van der Waals surface area contributed by atoms with Gasteiger partial charge in [-0.2, -0.15) is 0 Å². The average Bonchev–Trinajstić information content (AvgIpc) is 3.11. The molecule has 1 saturated carbocycles. The van der Waals surface area contributed by atoms with Crippen molar-refractivity contribution in [2.45, 2.75) is 38.0 Å². The van der Waals surface area contributed by atoms with Crippen LogP contribution in [0, 0.1) is 0 Å². The van der Waals surface area contributed by atoms with Crippen LogP contribution < -0.4 is 10.1 Å². The Morgan fingerprint density at radius 2 is 2.08 bits per heavy atom. The van der Waals surface area contributed by atoms with Gasteiger partial charge in [-0.15, -0.1) is 11.3 Å². The Hall–Kier alpha value is -2.47. The Labute approximate surface area is 156 Å². The van der Waals surface area contributed by atoms with Crippen LogP contribution in [0.5, 0.6) is 5.75 Å². The third-order valence-electron chi connectivity index (χ3n) is 4.83. The highest BCUT2D eigenvalue weighted by Gasteiger charge is 2.20. The number of fused-ring (bicyclic) bond motifs is 1. The number of anilines is 1. The van der Waals surface area contributed by atoms with E-state index in [0.717, 1.165) is 10.2 Å². The van der Waals surface area contributed by atoms with Crippen molar-refractivity contribution in [3.05, 3.63) is 47.2 Å². The van der Waals surface area contributed by atoms with Crippen LogP contribution in [0.3, 0.4) is 0 Å². The molecule has 3 aromatic rings. The number of aromatic nitrogens is 2. The van der Waals surface area contributed by atoms with Crippen LogP contribution in [0.2, 0.25) is 0 Å². The molecular formula is C20H21N3O2S. The highest BCUT2D eigenvalue weighted by Crippen LogP contribution is 2.39. The summed E-state index contributed by atoms with van der Waals surface area (Å²) in [5.41, 5.74) is 1.96. The summed E-state index contributed by atoms with van der Waals surface area (Å²) in [5, 5.41) is 4.11. The van der Waals surface area contributed by atoms with Crippen molar-refractivity contribution in [1.29, 1.82) is 0 Å². The molecule has 0 spiro atoms. The van der Waals surface area contributed by atoms with Gasteiger partial charge >= 0.3 is 0 Å². The van der Waals surface area contributed by atoms with E-state index in [4.69, 9.17) is 9.72 Å². The smallest absolute Gasteiger partial charge is 0.274 e. The summed E-state index contributed by atoms with van der Waals surface area (Å²) in [4.78, 5) is 21.4. The van der Waals surface area contributed by atoms with Gasteiger partial charge < -0.3 is 10.1 Å². The Bertz CT molecular complexity index is 917. The fourth-order valence-corrected chi connectivity index (χ4v) is 4.60. The predicted molar refractivity (Wildman–Crippen MR) is 104 cm³/mol. The molecule has 2 aromatic heterocycles. The predicted octanol–water partition coefficient (Wildman–Crippen LogP) is 5.00. The van der Waals surface area contributed by atoms with Crippen LogP contribution in [0.4, 0.5) is 5.69 Å². The lowest BCUT2D eigenvalue weighted by Crippen LogP contribution is -2.13. The van der Waals surface area contributed by atoms with Crippen molar-refractivity contribution in [3.8, 4) is 5.75 Å². The van der Waals surface area contributed by atoms with E-state index in [9.17, 15) is 4.79 Å². The van der Waals surface area contributed by atoms with Gasteiger partial charge in [-0.05, 0) is 31.0 Å². The van der Waals surface area contributed by atoms with Gasteiger partial charge in [-0.25, -0.2) is 4.98 Å². The van der Waals surface area contributed by atoms with Crippen molar-refractivity contribution in [2.24, 2.45) is 0 Å². The lowest BCUT2D eigenvalue weighted by Gasteiger charge is -2.18. The maximum Gasteiger partial charge on any atom is 0.274 e. The number of carbonyl (C=O) groups is 1. The van der Waals surface area contributed by atoms with E-state index in [0.29, 0.717) is 23.0 Å². The minimum atomic E-state index is -0.250. The van der Waals surface area contributed by atoms with Crippen molar-refractivity contribution in [2.75, 3.05) is 12.4 Å². The molecule has 1 aliphatic carbocycles. The number of hydrogen-bond donors (Lipinski definition) is 1. The normalized spacial score (nSPS) is 15.1. The molecule has 1 amide bonds. The first kappa shape index (κ1) is 17.0. The summed E-state index contributed by atoms with van der Waals surface area (Å²) < 4.78 is 6.55. The van der Waals surface area contributed by atoms with E-state index >= 15 is 0 Å². The highest BCUT2D eigenvalue weighted by atomic mass is 32.1. The first-order valence-corrected chi connectivity index (χ1v) is 9.77. The zero-order valence-electron chi connectivity index (χ0n) is 14.7. The van der Waals surface area contributed by atoms with Gasteiger partial charge in [0.2, 0.25) is 0 Å². The zero-order valence-corrected chi connectivity index (χ0v) is 15.5. The Kier molecular flexibility index (Phi) is 4.84. The van der Waals surface area contributed by atoms with Gasteiger partial charge in [0.15, 0.2) is 0 Å². The topological polar surface area (TPSA) is 64.1 Å². The molecule has 0 atom stereocenters. The third-order valence-corrected chi connectivity index (χ3v) is 6.01. The number of pyridine rings is 1. The molecular weight excluding hydrogens is 346 g/mol. The molecule has 0 unspecified atom stereocenters. The SMILES string of the molecule is COc1cc2nc(C3CCCCC3)sc2cc1NC(=O)c1ccccn1. The molecule has 2 heterocycles.